The zero-order chi connectivity index (χ0) is 33.3. The number of carbonyl (C=O) groups excluding carboxylic acids is 5. The Bertz CT molecular complexity index is 1230. The first-order valence-electron chi connectivity index (χ1n) is 15.9. The Morgan fingerprint density at radius 1 is 0.867 bits per heavy atom. The fourth-order valence-corrected chi connectivity index (χ4v) is 5.99. The highest BCUT2D eigenvalue weighted by Gasteiger charge is 2.41. The van der Waals surface area contributed by atoms with Crippen molar-refractivity contribution in [3.05, 3.63) is 35.9 Å². The van der Waals surface area contributed by atoms with Crippen molar-refractivity contribution in [2.24, 2.45) is 17.6 Å². The third-order valence-electron chi connectivity index (χ3n) is 8.81. The van der Waals surface area contributed by atoms with Crippen molar-refractivity contribution >= 4 is 35.5 Å². The SMILES string of the molecule is CCC(C)C(NC(=O)C(NC(=O)C1CCCN1C(=O)C(Cc1ccccc1)NC(=O)C1CCCN1C(=O)CN)C(C)C)C(=O)O. The quantitative estimate of drug-likeness (QED) is 0.196. The highest BCUT2D eigenvalue weighted by Crippen LogP contribution is 2.22. The van der Waals surface area contributed by atoms with Gasteiger partial charge in [0.05, 0.1) is 6.54 Å². The normalized spacial score (nSPS) is 20.7. The third kappa shape index (κ3) is 9.03. The predicted octanol–water partition coefficient (Wildman–Crippen LogP) is 0.411. The van der Waals surface area contributed by atoms with Crippen molar-refractivity contribution in [1.82, 2.24) is 25.8 Å². The van der Waals surface area contributed by atoms with E-state index in [1.165, 1.54) is 9.80 Å². The molecule has 45 heavy (non-hydrogen) atoms. The Morgan fingerprint density at radius 2 is 1.44 bits per heavy atom. The molecule has 3 rings (SSSR count). The molecule has 13 heteroatoms. The number of benzene rings is 1. The number of hydrogen-bond donors (Lipinski definition) is 5. The van der Waals surface area contributed by atoms with Crippen LogP contribution in [-0.2, 0) is 35.2 Å². The van der Waals surface area contributed by atoms with Gasteiger partial charge < -0.3 is 36.6 Å². The summed E-state index contributed by atoms with van der Waals surface area (Å²) in [4.78, 5) is 81.3. The molecule has 13 nitrogen and oxygen atoms in total. The maximum Gasteiger partial charge on any atom is 0.326 e. The molecule has 0 bridgehead atoms. The molecule has 2 saturated heterocycles. The second-order valence-electron chi connectivity index (χ2n) is 12.3. The number of amides is 5. The molecule has 1 aromatic rings. The van der Waals surface area contributed by atoms with Crippen LogP contribution in [0.3, 0.4) is 0 Å². The Labute approximate surface area is 264 Å². The molecule has 6 atom stereocenters. The summed E-state index contributed by atoms with van der Waals surface area (Å²) in [5, 5.41) is 17.8. The number of nitrogens with one attached hydrogen (secondary N) is 3. The van der Waals surface area contributed by atoms with Crippen molar-refractivity contribution in [2.45, 2.75) is 96.4 Å². The standard InChI is InChI=1S/C32H48N6O7/c1-5-20(4)27(32(44)45)36-30(42)26(19(2)3)35-29(41)24-14-10-16-38(24)31(43)22(17-21-11-7-6-8-12-21)34-28(40)23-13-9-15-37(23)25(39)18-33/h6-8,11-12,19-20,22-24,26-27H,5,9-10,13-18,33H2,1-4H3,(H,34,40)(H,35,41)(H,36,42)(H,44,45). The summed E-state index contributed by atoms with van der Waals surface area (Å²) in [5.74, 6) is -4.19. The summed E-state index contributed by atoms with van der Waals surface area (Å²) < 4.78 is 0. The average molecular weight is 629 g/mol. The maximum absolute atomic E-state index is 14.1. The Balaban J connectivity index is 1.79. The number of nitrogens with zero attached hydrogens (tertiary/aromatic N) is 2. The second kappa shape index (κ2) is 16.4. The summed E-state index contributed by atoms with van der Waals surface area (Å²) in [6.07, 6.45) is 2.73. The van der Waals surface area contributed by atoms with Gasteiger partial charge in [-0.3, -0.25) is 24.0 Å². The van der Waals surface area contributed by atoms with Crippen LogP contribution in [0.1, 0.15) is 65.4 Å². The largest absolute Gasteiger partial charge is 0.480 e. The maximum atomic E-state index is 14.1. The molecule has 0 saturated carbocycles. The number of likely N-dealkylation sites (tertiary alicyclic amines) is 2. The fraction of sp³-hybridized carbons (Fsp3) is 0.625. The zero-order valence-corrected chi connectivity index (χ0v) is 26.7. The van der Waals surface area contributed by atoms with E-state index in [1.54, 1.807) is 20.8 Å². The highest BCUT2D eigenvalue weighted by molar-refractivity contribution is 5.96. The second-order valence-corrected chi connectivity index (χ2v) is 12.3. The van der Waals surface area contributed by atoms with Crippen LogP contribution in [0.4, 0.5) is 0 Å². The minimum atomic E-state index is -1.15. The summed E-state index contributed by atoms with van der Waals surface area (Å²) in [6, 6.07) is 4.45. The van der Waals surface area contributed by atoms with Gasteiger partial charge in [-0.1, -0.05) is 64.4 Å². The summed E-state index contributed by atoms with van der Waals surface area (Å²) >= 11 is 0. The molecule has 2 aliphatic rings. The van der Waals surface area contributed by atoms with E-state index < -0.39 is 59.8 Å². The van der Waals surface area contributed by atoms with E-state index in [0.717, 1.165) is 5.56 Å². The molecule has 0 radical (unpaired) electrons. The van der Waals surface area contributed by atoms with Crippen molar-refractivity contribution in [2.75, 3.05) is 19.6 Å². The average Bonchev–Trinajstić information content (AvgIpc) is 3.72. The smallest absolute Gasteiger partial charge is 0.326 e. The van der Waals surface area contributed by atoms with Crippen molar-refractivity contribution in [1.29, 1.82) is 0 Å². The van der Waals surface area contributed by atoms with Crippen LogP contribution in [0.15, 0.2) is 30.3 Å². The van der Waals surface area contributed by atoms with E-state index in [1.807, 2.05) is 37.3 Å². The van der Waals surface area contributed by atoms with Gasteiger partial charge in [-0.15, -0.1) is 0 Å². The molecule has 1 aromatic carbocycles. The van der Waals surface area contributed by atoms with Gasteiger partial charge in [0.15, 0.2) is 0 Å². The van der Waals surface area contributed by atoms with Crippen molar-refractivity contribution in [3.8, 4) is 0 Å². The predicted molar refractivity (Wildman–Crippen MR) is 166 cm³/mol. The first-order valence-corrected chi connectivity index (χ1v) is 15.9. The van der Waals surface area contributed by atoms with Crippen LogP contribution in [-0.4, -0.2) is 100 Å². The van der Waals surface area contributed by atoms with Crippen molar-refractivity contribution in [3.63, 3.8) is 0 Å². The Morgan fingerprint density at radius 3 is 2.00 bits per heavy atom. The minimum absolute atomic E-state index is 0.178. The van der Waals surface area contributed by atoms with E-state index >= 15 is 0 Å². The molecular formula is C32H48N6O7. The van der Waals surface area contributed by atoms with Gasteiger partial charge in [0.1, 0.15) is 30.2 Å². The van der Waals surface area contributed by atoms with Gasteiger partial charge in [-0.05, 0) is 43.1 Å². The molecule has 6 N–H and O–H groups in total. The van der Waals surface area contributed by atoms with Gasteiger partial charge in [-0.25, -0.2) is 4.79 Å². The number of rotatable bonds is 14. The van der Waals surface area contributed by atoms with Gasteiger partial charge in [0, 0.05) is 19.5 Å². The van der Waals surface area contributed by atoms with E-state index in [2.05, 4.69) is 16.0 Å². The van der Waals surface area contributed by atoms with E-state index in [-0.39, 0.29) is 37.3 Å². The number of aliphatic carboxylic acids is 1. The van der Waals surface area contributed by atoms with Crippen LogP contribution < -0.4 is 21.7 Å². The molecule has 0 aliphatic carbocycles. The summed E-state index contributed by atoms with van der Waals surface area (Å²) in [5.41, 5.74) is 6.36. The van der Waals surface area contributed by atoms with Gasteiger partial charge in [-0.2, -0.15) is 0 Å². The van der Waals surface area contributed by atoms with Crippen molar-refractivity contribution < 1.29 is 33.9 Å². The van der Waals surface area contributed by atoms with E-state index in [4.69, 9.17) is 5.73 Å². The molecule has 6 unspecified atom stereocenters. The van der Waals surface area contributed by atoms with Crippen LogP contribution in [0.25, 0.3) is 0 Å². The minimum Gasteiger partial charge on any atom is -0.480 e. The van der Waals surface area contributed by atoms with Gasteiger partial charge in [0.25, 0.3) is 0 Å². The lowest BCUT2D eigenvalue weighted by molar-refractivity contribution is -0.145. The fourth-order valence-electron chi connectivity index (χ4n) is 5.99. The van der Waals surface area contributed by atoms with Gasteiger partial charge >= 0.3 is 5.97 Å². The van der Waals surface area contributed by atoms with Crippen LogP contribution in [0, 0.1) is 11.8 Å². The topological polar surface area (TPSA) is 191 Å². The van der Waals surface area contributed by atoms with Gasteiger partial charge in [0.2, 0.25) is 29.5 Å². The number of carbonyl (C=O) groups is 6. The van der Waals surface area contributed by atoms with Crippen LogP contribution >= 0.6 is 0 Å². The first-order chi connectivity index (χ1) is 21.4. The molecule has 2 aliphatic heterocycles. The van der Waals surface area contributed by atoms with E-state index in [9.17, 15) is 33.9 Å². The zero-order valence-electron chi connectivity index (χ0n) is 26.7. The Kier molecular flexibility index (Phi) is 12.9. The molecule has 2 heterocycles. The summed E-state index contributed by atoms with van der Waals surface area (Å²) in [7, 11) is 0. The Hall–Kier alpha value is -4.00. The highest BCUT2D eigenvalue weighted by atomic mass is 16.4. The van der Waals surface area contributed by atoms with Crippen LogP contribution in [0.2, 0.25) is 0 Å². The number of nitrogens with two attached hydrogens (primary N) is 1. The molecule has 248 valence electrons. The van der Waals surface area contributed by atoms with E-state index in [0.29, 0.717) is 38.6 Å². The number of hydrogen-bond acceptors (Lipinski definition) is 7. The lowest BCUT2D eigenvalue weighted by Crippen LogP contribution is -2.60. The monoisotopic (exact) mass is 628 g/mol. The number of carboxylic acids is 1. The molecule has 0 aromatic heterocycles. The summed E-state index contributed by atoms with van der Waals surface area (Å²) in [6.45, 7) is 7.53. The number of carboxylic acid groups (broad SMARTS) is 1. The molecule has 2 fully saturated rings. The molecule has 0 spiro atoms. The molecule has 5 amide bonds. The lowest BCUT2D eigenvalue weighted by atomic mass is 9.97. The third-order valence-corrected chi connectivity index (χ3v) is 8.81. The molecular weight excluding hydrogens is 580 g/mol. The van der Waals surface area contributed by atoms with Crippen LogP contribution in [0.5, 0.6) is 0 Å². The first kappa shape index (κ1) is 35.5. The lowest BCUT2D eigenvalue weighted by Gasteiger charge is -2.32.